The van der Waals surface area contributed by atoms with Crippen LogP contribution in [0.4, 0.5) is 18.9 Å². The van der Waals surface area contributed by atoms with Gasteiger partial charge >= 0.3 is 6.18 Å². The van der Waals surface area contributed by atoms with E-state index >= 15 is 0 Å². The van der Waals surface area contributed by atoms with Crippen molar-refractivity contribution in [1.29, 1.82) is 0 Å². The molecule has 0 saturated heterocycles. The fourth-order valence-electron chi connectivity index (χ4n) is 1.11. The molecule has 0 amide bonds. The van der Waals surface area contributed by atoms with Gasteiger partial charge in [0.2, 0.25) is 0 Å². The quantitative estimate of drug-likeness (QED) is 0.770. The zero-order valence-corrected chi connectivity index (χ0v) is 7.25. The van der Waals surface area contributed by atoms with Gasteiger partial charge in [-0.15, -0.1) is 0 Å². The summed E-state index contributed by atoms with van der Waals surface area (Å²) in [5, 5.41) is 0. The van der Waals surface area contributed by atoms with Crippen molar-refractivity contribution in [2.75, 3.05) is 5.73 Å². The van der Waals surface area contributed by atoms with Gasteiger partial charge in [-0.2, -0.15) is 13.2 Å². The lowest BCUT2D eigenvalue weighted by molar-refractivity contribution is -0.138. The number of halogens is 3. The minimum Gasteiger partial charge on any atom is -0.397 e. The first-order valence-corrected chi connectivity index (χ1v) is 3.92. The molecule has 1 heterocycles. The number of anilines is 1. The van der Waals surface area contributed by atoms with Gasteiger partial charge in [-0.1, -0.05) is 0 Å². The summed E-state index contributed by atoms with van der Waals surface area (Å²) in [5.74, 6) is 0. The molecule has 0 aliphatic heterocycles. The third-order valence-corrected chi connectivity index (χ3v) is 1.74. The van der Waals surface area contributed by atoms with Crippen LogP contribution in [0.3, 0.4) is 0 Å². The van der Waals surface area contributed by atoms with Crippen molar-refractivity contribution in [3.05, 3.63) is 24.0 Å². The average Bonchev–Trinajstić information content (AvgIpc) is 2.01. The Morgan fingerprint density at radius 3 is 2.57 bits per heavy atom. The summed E-state index contributed by atoms with van der Waals surface area (Å²) >= 11 is 0. The van der Waals surface area contributed by atoms with Gasteiger partial charge in [0, 0.05) is 12.2 Å². The van der Waals surface area contributed by atoms with E-state index in [0.29, 0.717) is 0 Å². The molecule has 1 aromatic heterocycles. The van der Waals surface area contributed by atoms with Gasteiger partial charge in [0.05, 0.1) is 18.3 Å². The predicted molar refractivity (Wildman–Crippen MR) is 46.2 cm³/mol. The lowest BCUT2D eigenvalue weighted by atomic mass is 10.0. The zero-order valence-electron chi connectivity index (χ0n) is 7.25. The number of aromatic nitrogens is 1. The predicted octanol–water partition coefficient (Wildman–Crippen LogP) is 1.62. The highest BCUT2D eigenvalue weighted by atomic mass is 19.4. The lowest BCUT2D eigenvalue weighted by Crippen LogP contribution is -2.21. The molecule has 0 aliphatic rings. The van der Waals surface area contributed by atoms with Crippen molar-refractivity contribution >= 4 is 5.69 Å². The van der Waals surface area contributed by atoms with Gasteiger partial charge in [0.1, 0.15) is 0 Å². The molecule has 0 spiro atoms. The van der Waals surface area contributed by atoms with Crippen LogP contribution in [-0.2, 0) is 0 Å². The van der Waals surface area contributed by atoms with Crippen LogP contribution in [0.1, 0.15) is 18.0 Å². The number of nitrogens with two attached hydrogens (primary N) is 2. The number of nitrogens with zero attached hydrogens (tertiary/aromatic N) is 1. The van der Waals surface area contributed by atoms with Gasteiger partial charge < -0.3 is 11.5 Å². The fourth-order valence-corrected chi connectivity index (χ4v) is 1.11. The lowest BCUT2D eigenvalue weighted by Gasteiger charge is -2.15. The first-order valence-electron chi connectivity index (χ1n) is 3.92. The number of hydrogen-bond donors (Lipinski definition) is 2. The summed E-state index contributed by atoms with van der Waals surface area (Å²) in [6.45, 7) is 0. The summed E-state index contributed by atoms with van der Waals surface area (Å²) in [5.41, 5.74) is 11.2. The van der Waals surface area contributed by atoms with Crippen molar-refractivity contribution < 1.29 is 13.2 Å². The smallest absolute Gasteiger partial charge is 0.390 e. The Bertz CT molecular complexity index is 311. The fraction of sp³-hybridized carbons (Fsp3) is 0.375. The second-order valence-electron chi connectivity index (χ2n) is 2.93. The Balaban J connectivity index is 2.80. The second kappa shape index (κ2) is 3.83. The topological polar surface area (TPSA) is 64.9 Å². The van der Waals surface area contributed by atoms with Gasteiger partial charge in [-0.25, -0.2) is 0 Å². The molecule has 0 saturated carbocycles. The maximum absolute atomic E-state index is 12.0. The van der Waals surface area contributed by atoms with Crippen molar-refractivity contribution in [2.24, 2.45) is 5.73 Å². The molecule has 0 radical (unpaired) electrons. The maximum Gasteiger partial charge on any atom is 0.390 e. The second-order valence-corrected chi connectivity index (χ2v) is 2.93. The van der Waals surface area contributed by atoms with E-state index in [2.05, 4.69) is 4.98 Å². The van der Waals surface area contributed by atoms with Crippen LogP contribution in [0.2, 0.25) is 0 Å². The van der Waals surface area contributed by atoms with Crippen LogP contribution in [0.5, 0.6) is 0 Å². The summed E-state index contributed by atoms with van der Waals surface area (Å²) in [6, 6.07) is 0.268. The van der Waals surface area contributed by atoms with E-state index in [-0.39, 0.29) is 11.3 Å². The molecule has 1 rings (SSSR count). The third-order valence-electron chi connectivity index (χ3n) is 1.74. The van der Waals surface area contributed by atoms with Gasteiger partial charge in [0.15, 0.2) is 0 Å². The van der Waals surface area contributed by atoms with E-state index in [1.54, 1.807) is 0 Å². The minimum atomic E-state index is -4.28. The number of alkyl halides is 3. The van der Waals surface area contributed by atoms with Crippen LogP contribution >= 0.6 is 0 Å². The van der Waals surface area contributed by atoms with Crippen LogP contribution in [0.25, 0.3) is 0 Å². The van der Waals surface area contributed by atoms with Crippen molar-refractivity contribution in [1.82, 2.24) is 4.98 Å². The molecule has 0 unspecified atom stereocenters. The molecule has 0 bridgehead atoms. The Morgan fingerprint density at radius 1 is 1.43 bits per heavy atom. The van der Waals surface area contributed by atoms with E-state index in [1.165, 1.54) is 18.5 Å². The first kappa shape index (κ1) is 10.8. The highest BCUT2D eigenvalue weighted by Gasteiger charge is 2.31. The van der Waals surface area contributed by atoms with Crippen molar-refractivity contribution in [3.8, 4) is 0 Å². The molecule has 1 aromatic rings. The molecule has 78 valence electrons. The largest absolute Gasteiger partial charge is 0.397 e. The molecule has 0 aromatic carbocycles. The number of pyridine rings is 1. The Morgan fingerprint density at radius 2 is 2.07 bits per heavy atom. The SMILES string of the molecule is Nc1cnccc1[C@H](N)CC(F)(F)F. The Hall–Kier alpha value is -1.30. The molecule has 3 nitrogen and oxygen atoms in total. The van der Waals surface area contributed by atoms with Gasteiger partial charge in [-0.05, 0) is 11.6 Å². The van der Waals surface area contributed by atoms with Crippen molar-refractivity contribution in [2.45, 2.75) is 18.6 Å². The molecular weight excluding hydrogens is 195 g/mol. The normalized spacial score (nSPS) is 14.0. The number of rotatable bonds is 2. The van der Waals surface area contributed by atoms with Crippen LogP contribution in [0, 0.1) is 0 Å². The molecule has 0 aliphatic carbocycles. The third kappa shape index (κ3) is 2.88. The van der Waals surface area contributed by atoms with E-state index in [4.69, 9.17) is 11.5 Å². The summed E-state index contributed by atoms with van der Waals surface area (Å²) in [7, 11) is 0. The molecular formula is C8H10F3N3. The average molecular weight is 205 g/mol. The van der Waals surface area contributed by atoms with Gasteiger partial charge in [0.25, 0.3) is 0 Å². The molecule has 14 heavy (non-hydrogen) atoms. The monoisotopic (exact) mass is 205 g/mol. The van der Waals surface area contributed by atoms with E-state index in [1.807, 2.05) is 0 Å². The number of hydrogen-bond acceptors (Lipinski definition) is 3. The Kier molecular flexibility index (Phi) is 2.95. The standard InChI is InChI=1S/C8H10F3N3/c9-8(10,11)3-6(12)5-1-2-14-4-7(5)13/h1-2,4,6H,3,12-13H2/t6-/m1/s1. The van der Waals surface area contributed by atoms with Crippen molar-refractivity contribution in [3.63, 3.8) is 0 Å². The summed E-state index contributed by atoms with van der Waals surface area (Å²) < 4.78 is 36.0. The molecule has 6 heteroatoms. The van der Waals surface area contributed by atoms with Crippen LogP contribution < -0.4 is 11.5 Å². The van der Waals surface area contributed by atoms with Crippen LogP contribution in [-0.4, -0.2) is 11.2 Å². The molecule has 0 fully saturated rings. The van der Waals surface area contributed by atoms with E-state index in [9.17, 15) is 13.2 Å². The zero-order chi connectivity index (χ0) is 10.8. The first-order chi connectivity index (χ1) is 6.40. The van der Waals surface area contributed by atoms with Gasteiger partial charge in [-0.3, -0.25) is 4.98 Å². The Labute approximate surface area is 78.9 Å². The highest BCUT2D eigenvalue weighted by molar-refractivity contribution is 5.45. The maximum atomic E-state index is 12.0. The van der Waals surface area contributed by atoms with E-state index in [0.717, 1.165) is 0 Å². The summed E-state index contributed by atoms with van der Waals surface area (Å²) in [6.07, 6.45) is -2.72. The minimum absolute atomic E-state index is 0.184. The molecule has 4 N–H and O–H groups in total. The highest BCUT2D eigenvalue weighted by Crippen LogP contribution is 2.29. The van der Waals surface area contributed by atoms with E-state index < -0.39 is 18.6 Å². The number of nitrogen functional groups attached to an aromatic ring is 1. The van der Waals surface area contributed by atoms with Crippen LogP contribution in [0.15, 0.2) is 18.5 Å². The molecule has 1 atom stereocenters. The summed E-state index contributed by atoms with van der Waals surface area (Å²) in [4.78, 5) is 3.66.